The van der Waals surface area contributed by atoms with E-state index in [9.17, 15) is 0 Å². The summed E-state index contributed by atoms with van der Waals surface area (Å²) in [5.74, 6) is 0. The monoisotopic (exact) mass is 394 g/mol. The van der Waals surface area contributed by atoms with Crippen LogP contribution in [0.5, 0.6) is 0 Å². The van der Waals surface area contributed by atoms with Gasteiger partial charge in [0.1, 0.15) is 0 Å². The van der Waals surface area contributed by atoms with E-state index < -0.39 is 0 Å². The van der Waals surface area contributed by atoms with E-state index in [2.05, 4.69) is 65.8 Å². The van der Waals surface area contributed by atoms with Crippen molar-refractivity contribution < 1.29 is 19.5 Å². The molecule has 23 heavy (non-hydrogen) atoms. The van der Waals surface area contributed by atoms with Crippen LogP contribution < -0.4 is 0 Å². The van der Waals surface area contributed by atoms with Crippen LogP contribution in [0.3, 0.4) is 0 Å². The average molecular weight is 396 g/mol. The quantitative estimate of drug-likeness (QED) is 0.409. The SMILES string of the molecule is CC(C)(C)c1ccc([S-])cc1.CC(C)(C)c1ccc([S-])cc1.[Zn+2]. The van der Waals surface area contributed by atoms with Crippen molar-refractivity contribution in [3.8, 4) is 0 Å². The normalized spacial score (nSPS) is 11.0. The Morgan fingerprint density at radius 3 is 0.913 bits per heavy atom. The second-order valence-corrected chi connectivity index (χ2v) is 8.49. The zero-order valence-electron chi connectivity index (χ0n) is 15.1. The third-order valence-corrected chi connectivity index (χ3v) is 3.99. The fraction of sp³-hybridized carbons (Fsp3) is 0.400. The summed E-state index contributed by atoms with van der Waals surface area (Å²) in [6.07, 6.45) is 0. The molecule has 0 atom stereocenters. The summed E-state index contributed by atoms with van der Waals surface area (Å²) >= 11 is 9.99. The topological polar surface area (TPSA) is 0 Å². The molecule has 3 heteroatoms. The minimum atomic E-state index is 0. The van der Waals surface area contributed by atoms with Gasteiger partial charge in [-0.3, -0.25) is 0 Å². The Kier molecular flexibility index (Phi) is 8.91. The fourth-order valence-corrected chi connectivity index (χ4v) is 2.18. The van der Waals surface area contributed by atoms with Crippen LogP contribution >= 0.6 is 0 Å². The second-order valence-electron chi connectivity index (χ2n) is 7.55. The smallest absolute Gasteiger partial charge is 0.780 e. The minimum Gasteiger partial charge on any atom is -0.780 e. The molecule has 0 fully saturated rings. The molecular weight excluding hydrogens is 370 g/mol. The summed E-state index contributed by atoms with van der Waals surface area (Å²) < 4.78 is 0. The first-order valence-corrected chi connectivity index (χ1v) is 8.37. The van der Waals surface area contributed by atoms with Gasteiger partial charge in [-0.15, -0.1) is 0 Å². The van der Waals surface area contributed by atoms with E-state index in [-0.39, 0.29) is 30.3 Å². The summed E-state index contributed by atoms with van der Waals surface area (Å²) in [6.45, 7) is 13.2. The zero-order chi connectivity index (χ0) is 17.0. The van der Waals surface area contributed by atoms with Gasteiger partial charge in [-0.25, -0.2) is 0 Å². The van der Waals surface area contributed by atoms with E-state index in [1.165, 1.54) is 11.1 Å². The molecule has 0 N–H and O–H groups in total. The molecule has 0 spiro atoms. The predicted octanol–water partition coefficient (Wildman–Crippen LogP) is 5.78. The molecule has 2 rings (SSSR count). The minimum absolute atomic E-state index is 0. The van der Waals surface area contributed by atoms with Gasteiger partial charge in [0.05, 0.1) is 0 Å². The van der Waals surface area contributed by atoms with E-state index in [1.54, 1.807) is 0 Å². The van der Waals surface area contributed by atoms with Crippen molar-refractivity contribution in [2.75, 3.05) is 0 Å². The van der Waals surface area contributed by atoms with Crippen LogP contribution in [0.2, 0.25) is 0 Å². The van der Waals surface area contributed by atoms with Gasteiger partial charge in [-0.2, -0.15) is 9.79 Å². The van der Waals surface area contributed by atoms with Crippen LogP contribution in [0.25, 0.3) is 0 Å². The summed E-state index contributed by atoms with van der Waals surface area (Å²) in [4.78, 5) is 1.83. The Morgan fingerprint density at radius 1 is 0.522 bits per heavy atom. The summed E-state index contributed by atoms with van der Waals surface area (Å²) in [7, 11) is 0. The van der Waals surface area contributed by atoms with Gasteiger partial charge in [0.2, 0.25) is 0 Å². The molecule has 0 heterocycles. The third kappa shape index (κ3) is 8.24. The van der Waals surface area contributed by atoms with Crippen LogP contribution in [-0.4, -0.2) is 0 Å². The maximum Gasteiger partial charge on any atom is 2.00 e. The first-order chi connectivity index (χ1) is 10.00. The molecule has 2 aromatic rings. The molecule has 0 unspecified atom stereocenters. The van der Waals surface area contributed by atoms with Crippen LogP contribution in [-0.2, 0) is 55.6 Å². The van der Waals surface area contributed by atoms with Crippen LogP contribution in [0.15, 0.2) is 58.3 Å². The standard InChI is InChI=1S/2C10H14S.Zn/c2*1-10(2,3)8-4-6-9(11)7-5-8;/h2*4-7,11H,1-3H3;/q;;+2/p-2. The molecular formula is C20H26S2Zn. The Hall–Kier alpha value is -0.497. The first-order valence-electron chi connectivity index (χ1n) is 7.55. The number of rotatable bonds is 0. The number of benzene rings is 2. The van der Waals surface area contributed by atoms with Crippen molar-refractivity contribution in [1.82, 2.24) is 0 Å². The molecule has 120 valence electrons. The number of hydrogen-bond acceptors (Lipinski definition) is 2. The average Bonchev–Trinajstić information content (AvgIpc) is 2.38. The van der Waals surface area contributed by atoms with E-state index in [4.69, 9.17) is 25.3 Å². The Labute approximate surface area is 166 Å². The van der Waals surface area contributed by atoms with Gasteiger partial charge < -0.3 is 25.3 Å². The van der Waals surface area contributed by atoms with Crippen LogP contribution in [0.1, 0.15) is 52.7 Å². The van der Waals surface area contributed by atoms with Gasteiger partial charge in [0.25, 0.3) is 0 Å². The second kappa shape index (κ2) is 9.11. The molecule has 2 aromatic carbocycles. The van der Waals surface area contributed by atoms with Gasteiger partial charge in [-0.1, -0.05) is 90.1 Å². The molecule has 0 saturated heterocycles. The predicted molar refractivity (Wildman–Crippen MR) is 102 cm³/mol. The third-order valence-electron chi connectivity index (χ3n) is 3.44. The summed E-state index contributed by atoms with van der Waals surface area (Å²) in [5, 5.41) is 0. The summed E-state index contributed by atoms with van der Waals surface area (Å²) in [6, 6.07) is 16.3. The van der Waals surface area contributed by atoms with E-state index >= 15 is 0 Å². The van der Waals surface area contributed by atoms with E-state index in [0.29, 0.717) is 0 Å². The van der Waals surface area contributed by atoms with Crippen molar-refractivity contribution in [2.45, 2.75) is 62.2 Å². The van der Waals surface area contributed by atoms with Gasteiger partial charge >= 0.3 is 19.5 Å². The first kappa shape index (κ1) is 22.5. The molecule has 0 aliphatic rings. The van der Waals surface area contributed by atoms with Crippen molar-refractivity contribution in [2.24, 2.45) is 0 Å². The molecule has 0 aliphatic carbocycles. The largest absolute Gasteiger partial charge is 2.00 e. The Balaban J connectivity index is 0.000000403. The Bertz CT molecular complexity index is 518. The summed E-state index contributed by atoms with van der Waals surface area (Å²) in [5.41, 5.74) is 3.16. The van der Waals surface area contributed by atoms with Crippen molar-refractivity contribution in [1.29, 1.82) is 0 Å². The zero-order valence-corrected chi connectivity index (χ0v) is 19.7. The Morgan fingerprint density at radius 2 is 0.739 bits per heavy atom. The van der Waals surface area contributed by atoms with Gasteiger partial charge in [-0.05, 0) is 22.0 Å². The van der Waals surface area contributed by atoms with Crippen LogP contribution in [0, 0.1) is 0 Å². The molecule has 0 saturated carbocycles. The van der Waals surface area contributed by atoms with Gasteiger partial charge in [0.15, 0.2) is 0 Å². The van der Waals surface area contributed by atoms with E-state index in [0.717, 1.165) is 9.79 Å². The van der Waals surface area contributed by atoms with Crippen molar-refractivity contribution >= 4 is 25.3 Å². The maximum absolute atomic E-state index is 4.99. The molecule has 0 bridgehead atoms. The van der Waals surface area contributed by atoms with E-state index in [1.807, 2.05) is 24.3 Å². The molecule has 0 radical (unpaired) electrons. The maximum atomic E-state index is 4.99. The molecule has 0 amide bonds. The van der Waals surface area contributed by atoms with Crippen molar-refractivity contribution in [3.05, 3.63) is 59.7 Å². The van der Waals surface area contributed by atoms with Crippen molar-refractivity contribution in [3.63, 3.8) is 0 Å². The number of hydrogen-bond donors (Lipinski definition) is 0. The molecule has 0 nitrogen and oxygen atoms in total. The van der Waals surface area contributed by atoms with Crippen LogP contribution in [0.4, 0.5) is 0 Å². The molecule has 0 aromatic heterocycles. The molecule has 0 aliphatic heterocycles. The fourth-order valence-electron chi connectivity index (χ4n) is 1.91. The van der Waals surface area contributed by atoms with Gasteiger partial charge in [0, 0.05) is 0 Å².